The van der Waals surface area contributed by atoms with Gasteiger partial charge in [-0.2, -0.15) is 5.26 Å². The molecule has 3 rings (SSSR count). The summed E-state index contributed by atoms with van der Waals surface area (Å²) in [4.78, 5) is 11.9. The van der Waals surface area contributed by atoms with E-state index in [1.165, 1.54) is 0 Å². The Morgan fingerprint density at radius 2 is 1.81 bits per heavy atom. The molecule has 0 aliphatic carbocycles. The zero-order chi connectivity index (χ0) is 18.4. The minimum Gasteiger partial charge on any atom is -0.484 e. The van der Waals surface area contributed by atoms with Crippen LogP contribution in [0.15, 0.2) is 66.7 Å². The monoisotopic (exact) mass is 346 g/mol. The average molecular weight is 346 g/mol. The van der Waals surface area contributed by atoms with E-state index in [2.05, 4.69) is 5.32 Å². The Balaban J connectivity index is 1.50. The standard InChI is InChI=1S/C21H18N2O3/c22-12-15-5-9-19(10-6-15)26-14-21(25)23-13-20(24)18-8-7-16-3-1-2-4-17(16)11-18/h1-11,20,24H,13-14H2,(H,23,25). The van der Waals surface area contributed by atoms with Crippen LogP contribution in [0.4, 0.5) is 0 Å². The molecule has 3 aromatic carbocycles. The molecule has 5 heteroatoms. The number of nitrogens with one attached hydrogen (secondary N) is 1. The van der Waals surface area contributed by atoms with Gasteiger partial charge in [-0.3, -0.25) is 4.79 Å². The maximum absolute atomic E-state index is 11.9. The predicted octanol–water partition coefficient (Wildman–Crippen LogP) is 2.94. The number of fused-ring (bicyclic) bond motifs is 1. The molecule has 1 atom stereocenters. The molecule has 3 aromatic rings. The molecule has 0 fully saturated rings. The van der Waals surface area contributed by atoms with E-state index >= 15 is 0 Å². The first-order chi connectivity index (χ1) is 12.7. The summed E-state index contributed by atoms with van der Waals surface area (Å²) in [5.74, 6) is 0.184. The summed E-state index contributed by atoms with van der Waals surface area (Å²) in [5.41, 5.74) is 1.28. The summed E-state index contributed by atoms with van der Waals surface area (Å²) in [6.07, 6.45) is -0.793. The van der Waals surface area contributed by atoms with Gasteiger partial charge in [0.1, 0.15) is 5.75 Å². The third-order valence-electron chi connectivity index (χ3n) is 4.00. The predicted molar refractivity (Wildman–Crippen MR) is 98.6 cm³/mol. The summed E-state index contributed by atoms with van der Waals surface area (Å²) >= 11 is 0. The molecule has 0 heterocycles. The number of amides is 1. The highest BCUT2D eigenvalue weighted by atomic mass is 16.5. The fourth-order valence-corrected chi connectivity index (χ4v) is 2.57. The number of hydrogen-bond donors (Lipinski definition) is 2. The number of aliphatic hydroxyl groups excluding tert-OH is 1. The van der Waals surface area contributed by atoms with Gasteiger partial charge in [-0.25, -0.2) is 0 Å². The maximum Gasteiger partial charge on any atom is 0.258 e. The van der Waals surface area contributed by atoms with Crippen molar-refractivity contribution in [1.29, 1.82) is 5.26 Å². The van der Waals surface area contributed by atoms with Gasteiger partial charge in [0.2, 0.25) is 0 Å². The fourth-order valence-electron chi connectivity index (χ4n) is 2.57. The Labute approximate surface area is 151 Å². The van der Waals surface area contributed by atoms with Crippen molar-refractivity contribution >= 4 is 16.7 Å². The van der Waals surface area contributed by atoms with Gasteiger partial charge in [0.15, 0.2) is 6.61 Å². The molecule has 0 spiro atoms. The molecule has 130 valence electrons. The van der Waals surface area contributed by atoms with E-state index < -0.39 is 6.10 Å². The van der Waals surface area contributed by atoms with Crippen LogP contribution in [-0.2, 0) is 4.79 Å². The Morgan fingerprint density at radius 3 is 2.54 bits per heavy atom. The molecule has 1 unspecified atom stereocenters. The third kappa shape index (κ3) is 4.38. The van der Waals surface area contributed by atoms with E-state index in [1.807, 2.05) is 48.5 Å². The fraction of sp³-hybridized carbons (Fsp3) is 0.143. The van der Waals surface area contributed by atoms with Crippen molar-refractivity contribution in [3.05, 3.63) is 77.9 Å². The number of nitriles is 1. The highest BCUT2D eigenvalue weighted by Crippen LogP contribution is 2.20. The van der Waals surface area contributed by atoms with Crippen molar-refractivity contribution in [2.45, 2.75) is 6.10 Å². The van der Waals surface area contributed by atoms with E-state index in [0.717, 1.165) is 16.3 Å². The molecule has 26 heavy (non-hydrogen) atoms. The van der Waals surface area contributed by atoms with Crippen LogP contribution in [0.5, 0.6) is 5.75 Å². The molecule has 0 bridgehead atoms. The lowest BCUT2D eigenvalue weighted by atomic mass is 10.0. The first-order valence-corrected chi connectivity index (χ1v) is 8.22. The summed E-state index contributed by atoms with van der Waals surface area (Å²) in [6, 6.07) is 22.1. The van der Waals surface area contributed by atoms with Crippen molar-refractivity contribution < 1.29 is 14.6 Å². The number of carbonyl (C=O) groups is 1. The minimum absolute atomic E-state index is 0.105. The molecular weight excluding hydrogens is 328 g/mol. The first-order valence-electron chi connectivity index (χ1n) is 8.22. The lowest BCUT2D eigenvalue weighted by molar-refractivity contribution is -0.123. The van der Waals surface area contributed by atoms with Crippen LogP contribution in [0, 0.1) is 11.3 Å². The lowest BCUT2D eigenvalue weighted by Gasteiger charge is -2.13. The van der Waals surface area contributed by atoms with Gasteiger partial charge < -0.3 is 15.2 Å². The van der Waals surface area contributed by atoms with Crippen LogP contribution in [0.1, 0.15) is 17.2 Å². The Kier molecular flexibility index (Phi) is 5.47. The Bertz CT molecular complexity index is 945. The van der Waals surface area contributed by atoms with E-state index in [9.17, 15) is 9.90 Å². The first kappa shape index (κ1) is 17.5. The number of hydrogen-bond acceptors (Lipinski definition) is 4. The van der Waals surface area contributed by atoms with E-state index in [4.69, 9.17) is 10.00 Å². The minimum atomic E-state index is -0.793. The van der Waals surface area contributed by atoms with Crippen LogP contribution in [0.25, 0.3) is 10.8 Å². The number of rotatable bonds is 6. The van der Waals surface area contributed by atoms with Gasteiger partial charge in [0, 0.05) is 6.54 Å². The number of benzene rings is 3. The van der Waals surface area contributed by atoms with Crippen molar-refractivity contribution in [2.24, 2.45) is 0 Å². The zero-order valence-corrected chi connectivity index (χ0v) is 14.1. The lowest BCUT2D eigenvalue weighted by Crippen LogP contribution is -2.32. The van der Waals surface area contributed by atoms with Gasteiger partial charge in [0.05, 0.1) is 17.7 Å². The SMILES string of the molecule is N#Cc1ccc(OCC(=O)NCC(O)c2ccc3ccccc3c2)cc1. The van der Waals surface area contributed by atoms with Gasteiger partial charge >= 0.3 is 0 Å². The molecule has 0 aliphatic rings. The molecule has 0 aliphatic heterocycles. The van der Waals surface area contributed by atoms with Crippen molar-refractivity contribution in [3.8, 4) is 11.8 Å². The molecule has 2 N–H and O–H groups in total. The van der Waals surface area contributed by atoms with Crippen LogP contribution in [-0.4, -0.2) is 24.2 Å². The summed E-state index contributed by atoms with van der Waals surface area (Å²) in [6.45, 7) is -0.0513. The van der Waals surface area contributed by atoms with Crippen molar-refractivity contribution in [2.75, 3.05) is 13.2 Å². The van der Waals surface area contributed by atoms with Gasteiger partial charge in [0.25, 0.3) is 5.91 Å². The van der Waals surface area contributed by atoms with E-state index in [0.29, 0.717) is 11.3 Å². The number of aliphatic hydroxyl groups is 1. The van der Waals surface area contributed by atoms with Gasteiger partial charge in [-0.05, 0) is 46.7 Å². The highest BCUT2D eigenvalue weighted by Gasteiger charge is 2.10. The van der Waals surface area contributed by atoms with Crippen LogP contribution >= 0.6 is 0 Å². The molecule has 0 aromatic heterocycles. The Hall–Kier alpha value is -3.36. The van der Waals surface area contributed by atoms with Crippen LogP contribution in [0.3, 0.4) is 0 Å². The average Bonchev–Trinajstić information content (AvgIpc) is 2.70. The smallest absolute Gasteiger partial charge is 0.258 e. The van der Waals surface area contributed by atoms with Gasteiger partial charge in [-0.15, -0.1) is 0 Å². The molecule has 1 amide bonds. The maximum atomic E-state index is 11.9. The molecule has 5 nitrogen and oxygen atoms in total. The number of ether oxygens (including phenoxy) is 1. The van der Waals surface area contributed by atoms with E-state index in [1.54, 1.807) is 24.3 Å². The van der Waals surface area contributed by atoms with Gasteiger partial charge in [-0.1, -0.05) is 36.4 Å². The topological polar surface area (TPSA) is 82.3 Å². The zero-order valence-electron chi connectivity index (χ0n) is 14.1. The number of nitrogens with zero attached hydrogens (tertiary/aromatic N) is 1. The summed E-state index contributed by atoms with van der Waals surface area (Å²) in [5, 5.41) is 23.8. The van der Waals surface area contributed by atoms with Crippen molar-refractivity contribution in [3.63, 3.8) is 0 Å². The summed E-state index contributed by atoms with van der Waals surface area (Å²) < 4.78 is 5.36. The second-order valence-electron chi connectivity index (χ2n) is 5.85. The largest absolute Gasteiger partial charge is 0.484 e. The highest BCUT2D eigenvalue weighted by molar-refractivity contribution is 5.83. The third-order valence-corrected chi connectivity index (χ3v) is 4.00. The summed E-state index contributed by atoms with van der Waals surface area (Å²) in [7, 11) is 0. The van der Waals surface area contributed by atoms with Crippen molar-refractivity contribution in [1.82, 2.24) is 5.32 Å². The van der Waals surface area contributed by atoms with Crippen LogP contribution in [0.2, 0.25) is 0 Å². The number of carbonyl (C=O) groups excluding carboxylic acids is 1. The molecule has 0 saturated carbocycles. The molecular formula is C21H18N2O3. The van der Waals surface area contributed by atoms with E-state index in [-0.39, 0.29) is 19.1 Å². The molecule has 0 radical (unpaired) electrons. The quantitative estimate of drug-likeness (QED) is 0.719. The Morgan fingerprint density at radius 1 is 1.08 bits per heavy atom. The van der Waals surface area contributed by atoms with Crippen LogP contribution < -0.4 is 10.1 Å². The molecule has 0 saturated heterocycles. The normalized spacial score (nSPS) is 11.5. The second kappa shape index (κ2) is 8.15. The second-order valence-corrected chi connectivity index (χ2v) is 5.85.